The van der Waals surface area contributed by atoms with E-state index in [2.05, 4.69) is 4.98 Å². The van der Waals surface area contributed by atoms with E-state index in [1.54, 1.807) is 28.7 Å². The van der Waals surface area contributed by atoms with E-state index in [-0.39, 0.29) is 17.9 Å². The molecule has 0 radical (unpaired) electrons. The molecule has 0 aliphatic carbocycles. The van der Waals surface area contributed by atoms with Gasteiger partial charge in [-0.05, 0) is 31.0 Å². The van der Waals surface area contributed by atoms with Gasteiger partial charge in [-0.1, -0.05) is 0 Å². The third-order valence-electron chi connectivity index (χ3n) is 4.37. The van der Waals surface area contributed by atoms with Gasteiger partial charge in [0.05, 0.1) is 15.7 Å². The molecule has 0 saturated carbocycles. The van der Waals surface area contributed by atoms with Crippen LogP contribution in [0, 0.1) is 0 Å². The molecule has 1 fully saturated rings. The number of thiazole rings is 1. The number of benzene rings is 1. The molecule has 1 saturated heterocycles. The Morgan fingerprint density at radius 2 is 2.05 bits per heavy atom. The molecule has 1 aromatic carbocycles. The van der Waals surface area contributed by atoms with Gasteiger partial charge < -0.3 is 9.80 Å². The van der Waals surface area contributed by atoms with Crippen LogP contribution in [0.1, 0.15) is 30.1 Å². The van der Waals surface area contributed by atoms with Crippen molar-refractivity contribution in [3.05, 3.63) is 29.3 Å². The average molecular weight is 317 g/mol. The monoisotopic (exact) mass is 317 g/mol. The number of aromatic nitrogens is 1. The minimum atomic E-state index is 0.0687. The lowest BCUT2D eigenvalue weighted by molar-refractivity contribution is -0.130. The van der Waals surface area contributed by atoms with Crippen LogP contribution in [-0.2, 0) is 4.79 Å². The second kappa shape index (κ2) is 6.04. The fraction of sp³-hybridized carbons (Fsp3) is 0.438. The van der Waals surface area contributed by atoms with Crippen LogP contribution in [0.5, 0.6) is 0 Å². The molecule has 0 unspecified atom stereocenters. The van der Waals surface area contributed by atoms with E-state index in [4.69, 9.17) is 0 Å². The zero-order valence-electron chi connectivity index (χ0n) is 12.8. The van der Waals surface area contributed by atoms with Crippen molar-refractivity contribution in [1.29, 1.82) is 0 Å². The van der Waals surface area contributed by atoms with E-state index in [9.17, 15) is 9.59 Å². The van der Waals surface area contributed by atoms with E-state index < -0.39 is 0 Å². The first kappa shape index (κ1) is 15.0. The minimum Gasteiger partial charge on any atom is -0.343 e. The highest BCUT2D eigenvalue weighted by atomic mass is 32.1. The highest BCUT2D eigenvalue weighted by Gasteiger charge is 2.26. The number of fused-ring (bicyclic) bond motifs is 1. The number of amides is 2. The molecule has 0 N–H and O–H groups in total. The molecule has 1 aromatic heterocycles. The molecular weight excluding hydrogens is 298 g/mol. The van der Waals surface area contributed by atoms with Crippen molar-refractivity contribution in [2.75, 3.05) is 20.1 Å². The maximum Gasteiger partial charge on any atom is 0.253 e. The molecule has 116 valence electrons. The fourth-order valence-electron chi connectivity index (χ4n) is 2.88. The smallest absolute Gasteiger partial charge is 0.253 e. The van der Waals surface area contributed by atoms with Crippen LogP contribution in [0.25, 0.3) is 10.2 Å². The van der Waals surface area contributed by atoms with Gasteiger partial charge >= 0.3 is 0 Å². The molecule has 1 aliphatic rings. The first-order chi connectivity index (χ1) is 10.6. The van der Waals surface area contributed by atoms with E-state index in [0.717, 1.165) is 28.6 Å². The topological polar surface area (TPSA) is 53.5 Å². The number of carbonyl (C=O) groups excluding carboxylic acids is 2. The largest absolute Gasteiger partial charge is 0.343 e. The van der Waals surface area contributed by atoms with Crippen LogP contribution >= 0.6 is 11.3 Å². The Hall–Kier alpha value is -1.95. The van der Waals surface area contributed by atoms with Gasteiger partial charge in [0.25, 0.3) is 5.91 Å². The van der Waals surface area contributed by atoms with E-state index in [1.165, 1.54) is 0 Å². The molecule has 2 heterocycles. The summed E-state index contributed by atoms with van der Waals surface area (Å²) in [5, 5.41) is 0. The molecule has 2 amide bonds. The summed E-state index contributed by atoms with van der Waals surface area (Å²) in [5.41, 5.74) is 3.45. The number of piperidine rings is 1. The van der Waals surface area contributed by atoms with Crippen molar-refractivity contribution in [1.82, 2.24) is 14.8 Å². The van der Waals surface area contributed by atoms with Gasteiger partial charge in [-0.2, -0.15) is 0 Å². The normalized spacial score (nSPS) is 16.0. The maximum atomic E-state index is 12.6. The molecule has 0 atom stereocenters. The lowest BCUT2D eigenvalue weighted by Crippen LogP contribution is -2.46. The quantitative estimate of drug-likeness (QED) is 0.854. The first-order valence-electron chi connectivity index (χ1n) is 7.42. The molecule has 0 bridgehead atoms. The Balaban J connectivity index is 1.67. The summed E-state index contributed by atoms with van der Waals surface area (Å²) >= 11 is 1.55. The van der Waals surface area contributed by atoms with E-state index in [1.807, 2.05) is 30.1 Å². The molecule has 5 nitrogen and oxygen atoms in total. The molecule has 3 rings (SSSR count). The number of nitrogens with zero attached hydrogens (tertiary/aromatic N) is 3. The van der Waals surface area contributed by atoms with Crippen molar-refractivity contribution < 1.29 is 9.59 Å². The Kier molecular flexibility index (Phi) is 4.11. The number of hydrogen-bond donors (Lipinski definition) is 0. The van der Waals surface area contributed by atoms with Crippen LogP contribution in [0.2, 0.25) is 0 Å². The van der Waals surface area contributed by atoms with E-state index >= 15 is 0 Å². The number of likely N-dealkylation sites (tertiary alicyclic amines) is 1. The van der Waals surface area contributed by atoms with Gasteiger partial charge in [0, 0.05) is 38.7 Å². The summed E-state index contributed by atoms with van der Waals surface area (Å²) in [4.78, 5) is 31.9. The van der Waals surface area contributed by atoms with Crippen molar-refractivity contribution >= 4 is 33.4 Å². The second-order valence-corrected chi connectivity index (χ2v) is 6.57. The molecule has 1 aliphatic heterocycles. The van der Waals surface area contributed by atoms with Gasteiger partial charge in [-0.15, -0.1) is 11.3 Å². The highest BCUT2D eigenvalue weighted by molar-refractivity contribution is 7.16. The van der Waals surface area contributed by atoms with Gasteiger partial charge in [0.1, 0.15) is 0 Å². The molecular formula is C16H19N3O2S. The van der Waals surface area contributed by atoms with Crippen LogP contribution in [0.15, 0.2) is 23.7 Å². The predicted molar refractivity (Wildman–Crippen MR) is 87.0 cm³/mol. The number of hydrogen-bond acceptors (Lipinski definition) is 4. The highest BCUT2D eigenvalue weighted by Crippen LogP contribution is 2.22. The van der Waals surface area contributed by atoms with Gasteiger partial charge in [0.15, 0.2) is 0 Å². The fourth-order valence-corrected chi connectivity index (χ4v) is 3.60. The molecule has 22 heavy (non-hydrogen) atoms. The predicted octanol–water partition coefficient (Wildman–Crippen LogP) is 2.38. The molecule has 6 heteroatoms. The van der Waals surface area contributed by atoms with Gasteiger partial charge in [0.2, 0.25) is 5.91 Å². The van der Waals surface area contributed by atoms with Crippen molar-refractivity contribution in [3.63, 3.8) is 0 Å². The SMILES string of the molecule is CC(=O)N(C)C1CCN(C(=O)c2ccc3ncsc3c2)CC1. The first-order valence-corrected chi connectivity index (χ1v) is 8.30. The minimum absolute atomic E-state index is 0.0687. The summed E-state index contributed by atoms with van der Waals surface area (Å²) < 4.78 is 1.04. The lowest BCUT2D eigenvalue weighted by Gasteiger charge is -2.36. The Morgan fingerprint density at radius 1 is 1.32 bits per heavy atom. The summed E-state index contributed by atoms with van der Waals surface area (Å²) in [5.74, 6) is 0.152. The second-order valence-electron chi connectivity index (χ2n) is 5.69. The van der Waals surface area contributed by atoms with Crippen molar-refractivity contribution in [2.24, 2.45) is 0 Å². The van der Waals surface area contributed by atoms with Crippen LogP contribution in [0.3, 0.4) is 0 Å². The van der Waals surface area contributed by atoms with Crippen LogP contribution in [0.4, 0.5) is 0 Å². The standard InChI is InChI=1S/C16H19N3O2S/c1-11(20)18(2)13-5-7-19(8-6-13)16(21)12-3-4-14-15(9-12)22-10-17-14/h3-4,9-10,13H,5-8H2,1-2H3. The third-order valence-corrected chi connectivity index (χ3v) is 5.17. The molecule has 2 aromatic rings. The summed E-state index contributed by atoms with van der Waals surface area (Å²) in [6, 6.07) is 5.90. The van der Waals surface area contributed by atoms with Crippen molar-refractivity contribution in [2.45, 2.75) is 25.8 Å². The summed E-state index contributed by atoms with van der Waals surface area (Å²) in [6.45, 7) is 2.98. The van der Waals surface area contributed by atoms with Gasteiger partial charge in [-0.25, -0.2) is 4.98 Å². The van der Waals surface area contributed by atoms with Crippen LogP contribution in [-0.4, -0.2) is 52.8 Å². The summed E-state index contributed by atoms with van der Waals surface area (Å²) in [7, 11) is 1.84. The van der Waals surface area contributed by atoms with Crippen molar-refractivity contribution in [3.8, 4) is 0 Å². The zero-order valence-corrected chi connectivity index (χ0v) is 13.6. The van der Waals surface area contributed by atoms with Crippen LogP contribution < -0.4 is 0 Å². The average Bonchev–Trinajstić information content (AvgIpc) is 3.01. The summed E-state index contributed by atoms with van der Waals surface area (Å²) in [6.07, 6.45) is 1.68. The zero-order chi connectivity index (χ0) is 15.7. The third kappa shape index (κ3) is 2.83. The van der Waals surface area contributed by atoms with Gasteiger partial charge in [-0.3, -0.25) is 9.59 Å². The number of carbonyl (C=O) groups is 2. The number of rotatable bonds is 2. The Bertz CT molecular complexity index is 704. The maximum absolute atomic E-state index is 12.6. The Labute approximate surface area is 133 Å². The Morgan fingerprint density at radius 3 is 2.73 bits per heavy atom. The van der Waals surface area contributed by atoms with E-state index in [0.29, 0.717) is 13.1 Å². The molecule has 0 spiro atoms. The lowest BCUT2D eigenvalue weighted by atomic mass is 10.0.